The number of benzene rings is 1. The summed E-state index contributed by atoms with van der Waals surface area (Å²) in [7, 11) is 0. The quantitative estimate of drug-likeness (QED) is 0.323. The molecule has 0 aliphatic carbocycles. The SMILES string of the molecule is CC(C)(C)OC(=O)Nc1cc([C@](O)(CN)c2cc3c(c(-c4cc(Cl)c(F)cc4F)n2)OC[C@]3(C)C(N)=O)ccn1. The van der Waals surface area contributed by atoms with Gasteiger partial charge in [0, 0.05) is 29.9 Å². The molecule has 0 radical (unpaired) electrons. The first kappa shape index (κ1) is 29.1. The predicted octanol–water partition coefficient (Wildman–Crippen LogP) is 3.75. The van der Waals surface area contributed by atoms with Gasteiger partial charge in [-0.3, -0.25) is 10.1 Å². The van der Waals surface area contributed by atoms with Crippen molar-refractivity contribution in [1.29, 1.82) is 0 Å². The average Bonchev–Trinajstić information content (AvgIpc) is 3.22. The first-order chi connectivity index (χ1) is 18.6. The van der Waals surface area contributed by atoms with E-state index in [0.717, 1.165) is 6.07 Å². The van der Waals surface area contributed by atoms with Gasteiger partial charge in [0.2, 0.25) is 5.91 Å². The molecule has 1 aromatic carbocycles. The first-order valence-electron chi connectivity index (χ1n) is 12.1. The standard InChI is InChI=1S/C27H28ClF2N5O5/c1-25(2,3)40-24(37)35-20-7-13(5-6-33-20)27(38,11-31)19-9-15-22(39-12-26(15,4)23(32)36)21(34-19)14-8-16(28)18(30)10-17(14)29/h5-10,38H,11-12,31H2,1-4H3,(H2,32,36)(H,33,35,37)/t26-,27+/m0/s1. The summed E-state index contributed by atoms with van der Waals surface area (Å²) in [5.41, 5.74) is 7.45. The van der Waals surface area contributed by atoms with Crippen LogP contribution in [0.1, 0.15) is 44.5 Å². The van der Waals surface area contributed by atoms with Crippen molar-refractivity contribution in [2.45, 2.75) is 44.3 Å². The van der Waals surface area contributed by atoms with E-state index < -0.39 is 46.8 Å². The summed E-state index contributed by atoms with van der Waals surface area (Å²) in [5, 5.41) is 14.0. The number of aliphatic hydroxyl groups is 1. The van der Waals surface area contributed by atoms with Crippen LogP contribution in [0.15, 0.2) is 36.5 Å². The van der Waals surface area contributed by atoms with Crippen LogP contribution in [0.3, 0.4) is 0 Å². The van der Waals surface area contributed by atoms with Crippen LogP contribution >= 0.6 is 11.6 Å². The monoisotopic (exact) mass is 575 g/mol. The molecule has 0 saturated carbocycles. The van der Waals surface area contributed by atoms with E-state index in [-0.39, 0.29) is 51.3 Å². The number of aromatic nitrogens is 2. The van der Waals surface area contributed by atoms with Crippen LogP contribution in [0.4, 0.5) is 19.4 Å². The van der Waals surface area contributed by atoms with Gasteiger partial charge in [0.05, 0.1) is 10.7 Å². The van der Waals surface area contributed by atoms with E-state index >= 15 is 4.39 Å². The van der Waals surface area contributed by atoms with Crippen molar-refractivity contribution in [3.63, 3.8) is 0 Å². The van der Waals surface area contributed by atoms with E-state index in [4.69, 9.17) is 32.5 Å². The fraction of sp³-hybridized carbons (Fsp3) is 0.333. The molecule has 0 fully saturated rings. The topological polar surface area (TPSA) is 163 Å². The number of fused-ring (bicyclic) bond motifs is 1. The highest BCUT2D eigenvalue weighted by Crippen LogP contribution is 2.47. The normalized spacial score (nSPS) is 17.9. The van der Waals surface area contributed by atoms with Crippen LogP contribution in [0.5, 0.6) is 5.75 Å². The zero-order valence-electron chi connectivity index (χ0n) is 22.1. The van der Waals surface area contributed by atoms with E-state index in [1.54, 1.807) is 20.8 Å². The molecule has 212 valence electrons. The summed E-state index contributed by atoms with van der Waals surface area (Å²) >= 11 is 5.94. The van der Waals surface area contributed by atoms with Crippen LogP contribution < -0.4 is 21.5 Å². The van der Waals surface area contributed by atoms with Crippen LogP contribution in [-0.2, 0) is 20.5 Å². The molecule has 13 heteroatoms. The Morgan fingerprint density at radius 1 is 1.23 bits per heavy atom. The fourth-order valence-electron chi connectivity index (χ4n) is 4.22. The van der Waals surface area contributed by atoms with Gasteiger partial charge in [0.25, 0.3) is 0 Å². The van der Waals surface area contributed by atoms with E-state index in [2.05, 4.69) is 15.3 Å². The van der Waals surface area contributed by atoms with Crippen LogP contribution in [0, 0.1) is 11.6 Å². The second-order valence-corrected chi connectivity index (χ2v) is 11.0. The number of primary amides is 1. The number of hydrogen-bond acceptors (Lipinski definition) is 8. The maximum absolute atomic E-state index is 15.0. The maximum Gasteiger partial charge on any atom is 0.413 e. The molecule has 10 nitrogen and oxygen atoms in total. The van der Waals surface area contributed by atoms with Crippen molar-refractivity contribution in [3.05, 3.63) is 70.0 Å². The molecule has 6 N–H and O–H groups in total. The number of anilines is 1. The number of ether oxygens (including phenoxy) is 2. The molecule has 2 atom stereocenters. The van der Waals surface area contributed by atoms with Gasteiger partial charge in [-0.25, -0.2) is 23.5 Å². The van der Waals surface area contributed by atoms with Crippen molar-refractivity contribution < 1.29 is 33.0 Å². The first-order valence-corrected chi connectivity index (χ1v) is 12.5. The van der Waals surface area contributed by atoms with Crippen LogP contribution in [0.25, 0.3) is 11.3 Å². The third-order valence-corrected chi connectivity index (χ3v) is 6.76. The number of nitrogens with two attached hydrogens (primary N) is 2. The number of nitrogens with one attached hydrogen (secondary N) is 1. The summed E-state index contributed by atoms with van der Waals surface area (Å²) in [5.74, 6) is -2.67. The molecule has 0 unspecified atom stereocenters. The molecular formula is C27H28ClF2N5O5. The lowest BCUT2D eigenvalue weighted by Gasteiger charge is -2.29. The van der Waals surface area contributed by atoms with E-state index in [9.17, 15) is 19.1 Å². The molecule has 1 aliphatic rings. The van der Waals surface area contributed by atoms with Gasteiger partial charge in [-0.05, 0) is 57.5 Å². The van der Waals surface area contributed by atoms with Gasteiger partial charge in [0.15, 0.2) is 0 Å². The Morgan fingerprint density at radius 2 is 1.93 bits per heavy atom. The Balaban J connectivity index is 1.90. The van der Waals surface area contributed by atoms with Gasteiger partial charge in [0.1, 0.15) is 52.1 Å². The molecule has 40 heavy (non-hydrogen) atoms. The molecule has 0 spiro atoms. The molecule has 2 amide bonds. The second kappa shape index (κ2) is 10.3. The lowest BCUT2D eigenvalue weighted by molar-refractivity contribution is -0.123. The number of carbonyl (C=O) groups excluding carboxylic acids is 2. The van der Waals surface area contributed by atoms with Gasteiger partial charge >= 0.3 is 6.09 Å². The van der Waals surface area contributed by atoms with Gasteiger partial charge in [-0.15, -0.1) is 0 Å². The average molecular weight is 576 g/mol. The number of rotatable bonds is 6. The van der Waals surface area contributed by atoms with Gasteiger partial charge in [-0.2, -0.15) is 0 Å². The third-order valence-electron chi connectivity index (χ3n) is 6.47. The summed E-state index contributed by atoms with van der Waals surface area (Å²) in [6, 6.07) is 5.82. The Kier molecular flexibility index (Phi) is 7.48. The number of nitrogens with zero attached hydrogens (tertiary/aromatic N) is 2. The molecule has 3 heterocycles. The van der Waals surface area contributed by atoms with Crippen LogP contribution in [0.2, 0.25) is 5.02 Å². The van der Waals surface area contributed by atoms with Crippen molar-refractivity contribution in [2.75, 3.05) is 18.5 Å². The number of halogens is 3. The Labute approximate surface area is 233 Å². The predicted molar refractivity (Wildman–Crippen MR) is 143 cm³/mol. The Hall–Kier alpha value is -3.87. The molecule has 3 aromatic rings. The van der Waals surface area contributed by atoms with E-state index in [1.807, 2.05) is 0 Å². The lowest BCUT2D eigenvalue weighted by Crippen LogP contribution is -2.41. The number of carbonyl (C=O) groups is 2. The van der Waals surface area contributed by atoms with E-state index in [0.29, 0.717) is 6.07 Å². The van der Waals surface area contributed by atoms with Crippen LogP contribution in [-0.4, -0.2) is 45.8 Å². The maximum atomic E-state index is 15.0. The van der Waals surface area contributed by atoms with Crippen molar-refractivity contribution in [3.8, 4) is 17.0 Å². The summed E-state index contributed by atoms with van der Waals surface area (Å²) in [6.45, 7) is 5.99. The zero-order valence-corrected chi connectivity index (χ0v) is 22.9. The molecule has 0 saturated heterocycles. The second-order valence-electron chi connectivity index (χ2n) is 10.6. The summed E-state index contributed by atoms with van der Waals surface area (Å²) in [6.07, 6.45) is 0.553. The van der Waals surface area contributed by atoms with Crippen molar-refractivity contribution >= 4 is 29.4 Å². The molecule has 0 bridgehead atoms. The largest absolute Gasteiger partial charge is 0.489 e. The minimum absolute atomic E-state index is 0.0213. The molecule has 2 aromatic heterocycles. The minimum Gasteiger partial charge on any atom is -0.489 e. The number of amides is 2. The highest BCUT2D eigenvalue weighted by Gasteiger charge is 2.46. The highest BCUT2D eigenvalue weighted by molar-refractivity contribution is 6.31. The molecular weight excluding hydrogens is 548 g/mol. The van der Waals surface area contributed by atoms with E-state index in [1.165, 1.54) is 31.3 Å². The Morgan fingerprint density at radius 3 is 2.55 bits per heavy atom. The number of pyridine rings is 2. The minimum atomic E-state index is -2.04. The summed E-state index contributed by atoms with van der Waals surface area (Å²) < 4.78 is 40.0. The van der Waals surface area contributed by atoms with Gasteiger partial charge < -0.3 is 26.0 Å². The van der Waals surface area contributed by atoms with Crippen molar-refractivity contribution in [2.24, 2.45) is 11.5 Å². The summed E-state index contributed by atoms with van der Waals surface area (Å²) in [4.78, 5) is 33.3. The zero-order chi connectivity index (χ0) is 29.6. The van der Waals surface area contributed by atoms with Crippen molar-refractivity contribution in [1.82, 2.24) is 9.97 Å². The van der Waals surface area contributed by atoms with Gasteiger partial charge in [-0.1, -0.05) is 11.6 Å². The molecule has 1 aliphatic heterocycles. The molecule has 4 rings (SSSR count). The lowest BCUT2D eigenvalue weighted by atomic mass is 9.81. The highest BCUT2D eigenvalue weighted by atomic mass is 35.5. The Bertz CT molecular complexity index is 1520. The fourth-order valence-corrected chi connectivity index (χ4v) is 4.38. The third kappa shape index (κ3) is 5.29. The smallest absolute Gasteiger partial charge is 0.413 e. The number of hydrogen-bond donors (Lipinski definition) is 4.